The van der Waals surface area contributed by atoms with Crippen LogP contribution in [0, 0.1) is 13.8 Å². The van der Waals surface area contributed by atoms with Gasteiger partial charge in [0.1, 0.15) is 11.3 Å². The Morgan fingerprint density at radius 1 is 0.898 bits per heavy atom. The van der Waals surface area contributed by atoms with Crippen LogP contribution in [0.3, 0.4) is 0 Å². The predicted molar refractivity (Wildman–Crippen MR) is 200 cm³/mol. The van der Waals surface area contributed by atoms with Gasteiger partial charge in [-0.25, -0.2) is 9.97 Å². The van der Waals surface area contributed by atoms with Crippen molar-refractivity contribution in [2.45, 2.75) is 59.4 Å². The summed E-state index contributed by atoms with van der Waals surface area (Å²) < 4.78 is 2.19. The van der Waals surface area contributed by atoms with Crippen molar-refractivity contribution in [3.05, 3.63) is 137 Å². The van der Waals surface area contributed by atoms with Crippen molar-refractivity contribution in [1.82, 2.24) is 29.3 Å². The Bertz CT molecular complexity index is 1900. The number of imidazole rings is 1. The molecule has 1 aliphatic heterocycles. The van der Waals surface area contributed by atoms with Crippen LogP contribution in [0.15, 0.2) is 97.3 Å². The number of aromatic nitrogens is 4. The molecule has 0 radical (unpaired) electrons. The Balaban J connectivity index is 1.16. The fourth-order valence-corrected chi connectivity index (χ4v) is 6.53. The monoisotopic (exact) mass is 652 g/mol. The number of carbonyl (C=O) groups is 1. The van der Waals surface area contributed by atoms with Gasteiger partial charge in [-0.15, -0.1) is 0 Å². The van der Waals surface area contributed by atoms with Crippen molar-refractivity contribution >= 4 is 28.6 Å². The van der Waals surface area contributed by atoms with Crippen molar-refractivity contribution in [3.8, 4) is 0 Å². The molecule has 0 saturated carbocycles. The maximum atomic E-state index is 13.8. The first-order chi connectivity index (χ1) is 24.0. The minimum absolute atomic E-state index is 0.0517. The van der Waals surface area contributed by atoms with Crippen molar-refractivity contribution < 1.29 is 4.79 Å². The highest BCUT2D eigenvalue weighted by atomic mass is 16.2. The number of likely N-dealkylation sites (tertiary alicyclic amines) is 1. The molecule has 2 aromatic carbocycles. The van der Waals surface area contributed by atoms with Gasteiger partial charge < -0.3 is 9.47 Å². The number of rotatable bonds is 14. The highest BCUT2D eigenvalue weighted by Gasteiger charge is 2.16. The minimum Gasteiger partial charge on any atom is -0.335 e. The van der Waals surface area contributed by atoms with Gasteiger partial charge in [-0.3, -0.25) is 14.7 Å². The van der Waals surface area contributed by atoms with E-state index in [1.54, 1.807) is 12.4 Å². The third-order valence-electron chi connectivity index (χ3n) is 9.38. The summed E-state index contributed by atoms with van der Waals surface area (Å²) in [5, 5.41) is 0. The van der Waals surface area contributed by atoms with Crippen LogP contribution in [0.5, 0.6) is 0 Å². The molecule has 0 atom stereocenters. The molecule has 0 bridgehead atoms. The number of carbonyl (C=O) groups excluding carboxylic acids is 1. The van der Waals surface area contributed by atoms with Crippen LogP contribution < -0.4 is 0 Å². The van der Waals surface area contributed by atoms with E-state index in [9.17, 15) is 4.79 Å². The van der Waals surface area contributed by atoms with Gasteiger partial charge in [0.2, 0.25) is 0 Å². The largest absolute Gasteiger partial charge is 0.335 e. The third kappa shape index (κ3) is 8.78. The quantitative estimate of drug-likeness (QED) is 0.113. The standard InChI is InChI=1S/C42H48N6O/c1-4-5-6-27-47(42(49)36-20-16-34(17-21-36)31-48-33(3)44-40-30-43-24-22-41(40)48)28-10-12-37-11-9-13-39(45-37)38(23-29-46-25-7-8-26-46)35-18-14-32(2)15-19-35/h9-24,30H,4-8,25-29,31H2,1-3H3/b12-10+,38-23+. The fourth-order valence-electron chi connectivity index (χ4n) is 6.53. The molecule has 0 unspecified atom stereocenters. The van der Waals surface area contributed by atoms with Gasteiger partial charge in [-0.1, -0.05) is 79.9 Å². The zero-order valence-corrected chi connectivity index (χ0v) is 29.2. The normalized spacial score (nSPS) is 13.9. The first-order valence-electron chi connectivity index (χ1n) is 17.8. The van der Waals surface area contributed by atoms with E-state index in [-0.39, 0.29) is 5.91 Å². The van der Waals surface area contributed by atoms with E-state index >= 15 is 0 Å². The second-order valence-electron chi connectivity index (χ2n) is 13.1. The molecule has 0 spiro atoms. The van der Waals surface area contributed by atoms with Crippen molar-refractivity contribution in [3.63, 3.8) is 0 Å². The summed E-state index contributed by atoms with van der Waals surface area (Å²) in [7, 11) is 0. The van der Waals surface area contributed by atoms with Gasteiger partial charge in [-0.05, 0) is 93.7 Å². The van der Waals surface area contributed by atoms with E-state index in [1.165, 1.54) is 24.0 Å². The molecule has 1 fully saturated rings. The second-order valence-corrected chi connectivity index (χ2v) is 13.1. The molecule has 0 aliphatic carbocycles. The molecule has 49 heavy (non-hydrogen) atoms. The SMILES string of the molecule is CCCCCN(C/C=C/c1cccc(/C(=C/CN2CCCC2)c2ccc(C)cc2)n1)C(=O)c1ccc(Cn2c(C)nc3cnccc32)cc1. The molecule has 6 rings (SSSR count). The van der Waals surface area contributed by atoms with Crippen LogP contribution in [-0.2, 0) is 6.54 Å². The summed E-state index contributed by atoms with van der Waals surface area (Å²) in [6.07, 6.45) is 15.8. The molecular weight excluding hydrogens is 605 g/mol. The van der Waals surface area contributed by atoms with Gasteiger partial charge >= 0.3 is 0 Å². The minimum atomic E-state index is 0.0517. The Labute approximate surface area is 291 Å². The number of aryl methyl sites for hydroxylation is 2. The van der Waals surface area contributed by atoms with Crippen LogP contribution >= 0.6 is 0 Å². The fraction of sp³-hybridized carbons (Fsp3) is 0.333. The Kier molecular flexibility index (Phi) is 11.4. The van der Waals surface area contributed by atoms with Crippen molar-refractivity contribution in [2.24, 2.45) is 0 Å². The number of fused-ring (bicyclic) bond motifs is 1. The highest BCUT2D eigenvalue weighted by Crippen LogP contribution is 2.24. The van der Waals surface area contributed by atoms with Crippen LogP contribution in [0.4, 0.5) is 0 Å². The summed E-state index contributed by atoms with van der Waals surface area (Å²) in [5.74, 6) is 0.998. The van der Waals surface area contributed by atoms with E-state index in [2.05, 4.69) is 94.0 Å². The third-order valence-corrected chi connectivity index (χ3v) is 9.38. The number of amides is 1. The Morgan fingerprint density at radius 2 is 1.67 bits per heavy atom. The zero-order valence-electron chi connectivity index (χ0n) is 29.2. The van der Waals surface area contributed by atoms with Gasteiger partial charge in [0.05, 0.1) is 23.1 Å². The van der Waals surface area contributed by atoms with E-state index in [0.29, 0.717) is 18.7 Å². The Hall–Kier alpha value is -4.88. The molecular formula is C42H48N6O. The molecule has 0 N–H and O–H groups in total. The molecule has 1 amide bonds. The Morgan fingerprint density at radius 3 is 2.45 bits per heavy atom. The molecule has 7 heteroatoms. The van der Waals surface area contributed by atoms with Gasteiger partial charge in [0, 0.05) is 43.5 Å². The van der Waals surface area contributed by atoms with E-state index in [1.807, 2.05) is 42.2 Å². The summed E-state index contributed by atoms with van der Waals surface area (Å²) in [6, 6.07) is 25.0. The molecule has 5 aromatic rings. The molecule has 252 valence electrons. The van der Waals surface area contributed by atoms with Gasteiger partial charge in [0.25, 0.3) is 5.91 Å². The predicted octanol–water partition coefficient (Wildman–Crippen LogP) is 8.36. The van der Waals surface area contributed by atoms with Crippen molar-refractivity contribution in [2.75, 3.05) is 32.7 Å². The summed E-state index contributed by atoms with van der Waals surface area (Å²) in [5.41, 5.74) is 9.23. The van der Waals surface area contributed by atoms with Crippen LogP contribution in [0.1, 0.15) is 83.3 Å². The first kappa shape index (κ1) is 34.0. The number of unbranched alkanes of at least 4 members (excludes halogenated alkanes) is 2. The second kappa shape index (κ2) is 16.5. The number of hydrogen-bond acceptors (Lipinski definition) is 5. The number of hydrogen-bond donors (Lipinski definition) is 0. The van der Waals surface area contributed by atoms with E-state index in [0.717, 1.165) is 84.8 Å². The summed E-state index contributed by atoms with van der Waals surface area (Å²) in [6.45, 7) is 11.5. The number of benzene rings is 2. The van der Waals surface area contributed by atoms with Gasteiger partial charge in [-0.2, -0.15) is 0 Å². The lowest BCUT2D eigenvalue weighted by molar-refractivity contribution is 0.0771. The lowest BCUT2D eigenvalue weighted by atomic mass is 10.00. The number of pyridine rings is 2. The molecule has 1 aliphatic rings. The maximum absolute atomic E-state index is 13.8. The molecule has 3 aromatic heterocycles. The molecule has 4 heterocycles. The molecule has 1 saturated heterocycles. The molecule has 7 nitrogen and oxygen atoms in total. The lowest BCUT2D eigenvalue weighted by Crippen LogP contribution is -2.32. The zero-order chi connectivity index (χ0) is 34.0. The summed E-state index contributed by atoms with van der Waals surface area (Å²) >= 11 is 0. The lowest BCUT2D eigenvalue weighted by Gasteiger charge is -2.21. The van der Waals surface area contributed by atoms with E-state index < -0.39 is 0 Å². The smallest absolute Gasteiger partial charge is 0.254 e. The first-order valence-corrected chi connectivity index (χ1v) is 17.8. The average Bonchev–Trinajstić information content (AvgIpc) is 3.76. The van der Waals surface area contributed by atoms with Crippen LogP contribution in [-0.4, -0.2) is 67.9 Å². The highest BCUT2D eigenvalue weighted by molar-refractivity contribution is 5.94. The average molecular weight is 653 g/mol. The number of nitrogens with zero attached hydrogens (tertiary/aromatic N) is 6. The van der Waals surface area contributed by atoms with Gasteiger partial charge in [0.15, 0.2) is 0 Å². The summed E-state index contributed by atoms with van der Waals surface area (Å²) in [4.78, 5) is 32.2. The van der Waals surface area contributed by atoms with E-state index in [4.69, 9.17) is 4.98 Å². The topological polar surface area (TPSA) is 67.2 Å². The van der Waals surface area contributed by atoms with Crippen LogP contribution in [0.2, 0.25) is 0 Å². The van der Waals surface area contributed by atoms with Crippen molar-refractivity contribution in [1.29, 1.82) is 0 Å². The maximum Gasteiger partial charge on any atom is 0.254 e. The van der Waals surface area contributed by atoms with Crippen LogP contribution in [0.25, 0.3) is 22.7 Å².